The molecule has 9 nitrogen and oxygen atoms in total. The zero-order chi connectivity index (χ0) is 20.3. The summed E-state index contributed by atoms with van der Waals surface area (Å²) in [4.78, 5) is 36.0. The minimum Gasteiger partial charge on any atom is -0.497 e. The van der Waals surface area contributed by atoms with Crippen LogP contribution >= 0.6 is 0 Å². The number of hydrogen-bond acceptors (Lipinski definition) is 7. The Morgan fingerprint density at radius 2 is 1.82 bits per heavy atom. The molecule has 1 heterocycles. The van der Waals surface area contributed by atoms with E-state index in [2.05, 4.69) is 0 Å². The summed E-state index contributed by atoms with van der Waals surface area (Å²) in [5.41, 5.74) is 0.696. The molecule has 0 bridgehead atoms. The molecule has 146 valence electrons. The second-order valence-corrected chi connectivity index (χ2v) is 6.13. The number of carbonyl (C=O) groups is 2. The maximum absolute atomic E-state index is 12.2. The van der Waals surface area contributed by atoms with Crippen LogP contribution in [0, 0.1) is 10.1 Å². The molecule has 1 aliphatic rings. The normalized spacial score (nSPS) is 18.5. The molecule has 0 aliphatic carbocycles. The van der Waals surface area contributed by atoms with Gasteiger partial charge < -0.3 is 14.2 Å². The van der Waals surface area contributed by atoms with Gasteiger partial charge >= 0.3 is 12.1 Å². The highest BCUT2D eigenvalue weighted by Gasteiger charge is 2.40. The summed E-state index contributed by atoms with van der Waals surface area (Å²) in [6.07, 6.45) is -1.18. The molecule has 3 rings (SSSR count). The molecule has 1 saturated heterocycles. The molecular formula is C19H18N2O7. The molecule has 28 heavy (non-hydrogen) atoms. The van der Waals surface area contributed by atoms with E-state index in [1.807, 2.05) is 0 Å². The number of amides is 1. The van der Waals surface area contributed by atoms with Gasteiger partial charge in [-0.3, -0.25) is 15.0 Å². The van der Waals surface area contributed by atoms with Crippen molar-refractivity contribution in [3.8, 4) is 5.75 Å². The summed E-state index contributed by atoms with van der Waals surface area (Å²) < 4.78 is 15.6. The Kier molecular flexibility index (Phi) is 5.44. The summed E-state index contributed by atoms with van der Waals surface area (Å²) in [6.45, 7) is 1.66. The lowest BCUT2D eigenvalue weighted by atomic mass is 10.1. The third-order valence-electron chi connectivity index (χ3n) is 4.44. The van der Waals surface area contributed by atoms with Gasteiger partial charge in [-0.05, 0) is 43.3 Å². The van der Waals surface area contributed by atoms with Gasteiger partial charge in [-0.15, -0.1) is 0 Å². The standard InChI is InChI=1S/C19H18N2O7/c1-12-17(11-27-18(22)13-3-5-15(6-4-13)21(24)25)28-19(23)20(12)14-7-9-16(26-2)10-8-14/h3-10,12,17H,11H2,1-2H3. The molecule has 2 atom stereocenters. The first-order valence-electron chi connectivity index (χ1n) is 8.46. The molecule has 0 radical (unpaired) electrons. The van der Waals surface area contributed by atoms with E-state index in [1.54, 1.807) is 38.3 Å². The summed E-state index contributed by atoms with van der Waals surface area (Å²) >= 11 is 0. The lowest BCUT2D eigenvalue weighted by Gasteiger charge is -2.20. The number of nitrogens with zero attached hydrogens (tertiary/aromatic N) is 2. The molecule has 0 aromatic heterocycles. The number of benzene rings is 2. The van der Waals surface area contributed by atoms with Gasteiger partial charge in [0, 0.05) is 17.8 Å². The minimum absolute atomic E-state index is 0.120. The van der Waals surface area contributed by atoms with Crippen LogP contribution in [0.3, 0.4) is 0 Å². The number of nitro groups is 1. The van der Waals surface area contributed by atoms with Crippen molar-refractivity contribution in [3.05, 3.63) is 64.2 Å². The second-order valence-electron chi connectivity index (χ2n) is 6.13. The van der Waals surface area contributed by atoms with E-state index in [4.69, 9.17) is 14.2 Å². The van der Waals surface area contributed by atoms with Crippen molar-refractivity contribution in [1.82, 2.24) is 0 Å². The highest BCUT2D eigenvalue weighted by atomic mass is 16.6. The topological polar surface area (TPSA) is 108 Å². The molecule has 2 aromatic carbocycles. The van der Waals surface area contributed by atoms with E-state index in [0.29, 0.717) is 11.4 Å². The molecule has 9 heteroatoms. The van der Waals surface area contributed by atoms with Crippen molar-refractivity contribution in [2.45, 2.75) is 19.1 Å². The van der Waals surface area contributed by atoms with Gasteiger partial charge in [-0.1, -0.05) is 0 Å². The van der Waals surface area contributed by atoms with Crippen LogP contribution in [0.5, 0.6) is 5.75 Å². The van der Waals surface area contributed by atoms with Crippen molar-refractivity contribution in [3.63, 3.8) is 0 Å². The highest BCUT2D eigenvalue weighted by molar-refractivity contribution is 5.91. The van der Waals surface area contributed by atoms with Crippen molar-refractivity contribution >= 4 is 23.4 Å². The maximum Gasteiger partial charge on any atom is 0.415 e. The first-order chi connectivity index (χ1) is 13.4. The quantitative estimate of drug-likeness (QED) is 0.426. The largest absolute Gasteiger partial charge is 0.497 e. The number of nitro benzene ring substituents is 1. The van der Waals surface area contributed by atoms with Crippen molar-refractivity contribution < 1.29 is 28.7 Å². The molecule has 1 amide bonds. The third-order valence-corrected chi connectivity index (χ3v) is 4.44. The van der Waals surface area contributed by atoms with Crippen LogP contribution in [0.1, 0.15) is 17.3 Å². The maximum atomic E-state index is 12.2. The number of non-ortho nitro benzene ring substituents is 1. The van der Waals surface area contributed by atoms with Gasteiger partial charge in [0.05, 0.1) is 23.6 Å². The van der Waals surface area contributed by atoms with Gasteiger partial charge in [-0.2, -0.15) is 0 Å². The average molecular weight is 386 g/mol. The van der Waals surface area contributed by atoms with Gasteiger partial charge in [0.2, 0.25) is 0 Å². The van der Waals surface area contributed by atoms with Gasteiger partial charge in [0.25, 0.3) is 5.69 Å². The lowest BCUT2D eigenvalue weighted by Crippen LogP contribution is -2.36. The second kappa shape index (κ2) is 7.95. The van der Waals surface area contributed by atoms with Crippen molar-refractivity contribution in [1.29, 1.82) is 0 Å². The molecule has 0 N–H and O–H groups in total. The number of cyclic esters (lactones) is 1. The molecule has 1 aliphatic heterocycles. The predicted octanol–water partition coefficient (Wildman–Crippen LogP) is 3.17. The summed E-state index contributed by atoms with van der Waals surface area (Å²) in [7, 11) is 1.55. The number of esters is 1. The number of anilines is 1. The Balaban J connectivity index is 1.62. The number of hydrogen-bond donors (Lipinski definition) is 0. The van der Waals surface area contributed by atoms with Crippen molar-refractivity contribution in [2.75, 3.05) is 18.6 Å². The Hall–Kier alpha value is -3.62. The SMILES string of the molecule is COc1ccc(N2C(=O)OC(COC(=O)c3ccc([N+](=O)[O-])cc3)C2C)cc1. The summed E-state index contributed by atoms with van der Waals surface area (Å²) in [6, 6.07) is 11.7. The average Bonchev–Trinajstić information content (AvgIpc) is 2.99. The van der Waals surface area contributed by atoms with Crippen LogP contribution in [0.4, 0.5) is 16.2 Å². The molecule has 0 spiro atoms. The number of ether oxygens (including phenoxy) is 3. The number of methoxy groups -OCH3 is 1. The lowest BCUT2D eigenvalue weighted by molar-refractivity contribution is -0.384. The number of rotatable bonds is 6. The van der Waals surface area contributed by atoms with Crippen LogP contribution in [0.2, 0.25) is 0 Å². The van der Waals surface area contributed by atoms with E-state index in [-0.39, 0.29) is 23.9 Å². The van der Waals surface area contributed by atoms with Crippen LogP contribution in [-0.2, 0) is 9.47 Å². The minimum atomic E-state index is -0.652. The molecule has 1 fully saturated rings. The van der Waals surface area contributed by atoms with Crippen LogP contribution in [0.15, 0.2) is 48.5 Å². The van der Waals surface area contributed by atoms with Crippen LogP contribution in [-0.4, -0.2) is 42.8 Å². The summed E-state index contributed by atoms with van der Waals surface area (Å²) in [5.74, 6) is 0.0126. The van der Waals surface area contributed by atoms with Gasteiger partial charge in [0.15, 0.2) is 6.10 Å². The first kappa shape index (κ1) is 19.2. The first-order valence-corrected chi connectivity index (χ1v) is 8.46. The molecule has 2 aromatic rings. The predicted molar refractivity (Wildman–Crippen MR) is 98.6 cm³/mol. The van der Waals surface area contributed by atoms with Crippen LogP contribution in [0.25, 0.3) is 0 Å². The van der Waals surface area contributed by atoms with Gasteiger partial charge in [0.1, 0.15) is 12.4 Å². The molecular weight excluding hydrogens is 368 g/mol. The molecule has 2 unspecified atom stereocenters. The van der Waals surface area contributed by atoms with E-state index < -0.39 is 23.1 Å². The smallest absolute Gasteiger partial charge is 0.415 e. The molecule has 0 saturated carbocycles. The fraction of sp³-hybridized carbons (Fsp3) is 0.263. The van der Waals surface area contributed by atoms with Gasteiger partial charge in [-0.25, -0.2) is 9.59 Å². The highest BCUT2D eigenvalue weighted by Crippen LogP contribution is 2.28. The van der Waals surface area contributed by atoms with E-state index in [9.17, 15) is 19.7 Å². The van der Waals surface area contributed by atoms with Crippen molar-refractivity contribution in [2.24, 2.45) is 0 Å². The zero-order valence-electron chi connectivity index (χ0n) is 15.2. The Morgan fingerprint density at radius 3 is 2.39 bits per heavy atom. The third kappa shape index (κ3) is 3.88. The summed E-state index contributed by atoms with van der Waals surface area (Å²) in [5, 5.41) is 10.7. The van der Waals surface area contributed by atoms with E-state index in [0.717, 1.165) is 0 Å². The van der Waals surface area contributed by atoms with E-state index in [1.165, 1.54) is 29.2 Å². The zero-order valence-corrected chi connectivity index (χ0v) is 15.2. The Labute approximate surface area is 160 Å². The fourth-order valence-corrected chi connectivity index (χ4v) is 2.83. The van der Waals surface area contributed by atoms with Crippen LogP contribution < -0.4 is 9.64 Å². The fourth-order valence-electron chi connectivity index (χ4n) is 2.83. The number of carbonyl (C=O) groups excluding carboxylic acids is 2. The van der Waals surface area contributed by atoms with E-state index >= 15 is 0 Å². The Bertz CT molecular complexity index is 880. The Morgan fingerprint density at radius 1 is 1.18 bits per heavy atom. The monoisotopic (exact) mass is 386 g/mol.